The molecule has 3 N–H and O–H groups in total. The van der Waals surface area contributed by atoms with Gasteiger partial charge in [-0.05, 0) is 34.1 Å². The predicted molar refractivity (Wildman–Crippen MR) is 72.9 cm³/mol. The van der Waals surface area contributed by atoms with Crippen LogP contribution in [0.5, 0.6) is 0 Å². The van der Waals surface area contributed by atoms with Crippen LogP contribution in [0.4, 0.5) is 0 Å². The summed E-state index contributed by atoms with van der Waals surface area (Å²) in [6, 6.07) is 0.996. The first-order valence-electron chi connectivity index (χ1n) is 6.66. The lowest BCUT2D eigenvalue weighted by molar-refractivity contribution is -0.121. The van der Waals surface area contributed by atoms with Gasteiger partial charge in [0.25, 0.3) is 0 Å². The summed E-state index contributed by atoms with van der Waals surface area (Å²) in [6.45, 7) is 12.3. The molecule has 0 saturated heterocycles. The molecule has 0 aliphatic rings. The van der Waals surface area contributed by atoms with Crippen molar-refractivity contribution in [3.05, 3.63) is 0 Å². The zero-order chi connectivity index (χ0) is 13.4. The highest BCUT2D eigenvalue weighted by Gasteiger charge is 2.13. The molecule has 4 heteroatoms. The topological polar surface area (TPSA) is 58.4 Å². The predicted octanol–water partition coefficient (Wildman–Crippen LogP) is 1.35. The average Bonchev–Trinajstić information content (AvgIpc) is 2.22. The molecule has 0 heterocycles. The number of amides is 1. The number of rotatable bonds is 8. The fourth-order valence-electron chi connectivity index (χ4n) is 1.89. The normalized spacial score (nSPS) is 13.5. The molecule has 0 saturated carbocycles. The fraction of sp³-hybridized carbons (Fsp3) is 0.923. The Morgan fingerprint density at radius 3 is 2.18 bits per heavy atom. The summed E-state index contributed by atoms with van der Waals surface area (Å²) in [6.07, 6.45) is 1.28. The van der Waals surface area contributed by atoms with Crippen molar-refractivity contribution in [2.45, 2.75) is 65.6 Å². The minimum atomic E-state index is -0.0127. The Labute approximate surface area is 106 Å². The highest BCUT2D eigenvalue weighted by Crippen LogP contribution is 2.03. The summed E-state index contributed by atoms with van der Waals surface area (Å²) >= 11 is 0. The summed E-state index contributed by atoms with van der Waals surface area (Å²) < 4.78 is 0. The van der Waals surface area contributed by atoms with Gasteiger partial charge in [0.15, 0.2) is 0 Å². The van der Waals surface area contributed by atoms with Gasteiger partial charge in [-0.15, -0.1) is 0 Å². The number of hydrogen-bond donors (Lipinski definition) is 2. The average molecular weight is 243 g/mol. The molecule has 0 aromatic rings. The third-order valence-electron chi connectivity index (χ3n) is 2.99. The third-order valence-corrected chi connectivity index (χ3v) is 2.99. The molecule has 0 radical (unpaired) electrons. The first-order chi connectivity index (χ1) is 7.88. The second-order valence-corrected chi connectivity index (χ2v) is 5.15. The Bertz CT molecular complexity index is 209. The van der Waals surface area contributed by atoms with Gasteiger partial charge in [-0.1, -0.05) is 6.92 Å². The quantitative estimate of drug-likeness (QED) is 0.676. The lowest BCUT2D eigenvalue weighted by Gasteiger charge is -2.30. The maximum absolute atomic E-state index is 11.5. The van der Waals surface area contributed by atoms with Crippen LogP contribution in [0.1, 0.15) is 47.5 Å². The van der Waals surface area contributed by atoms with Crippen molar-refractivity contribution < 1.29 is 4.79 Å². The van der Waals surface area contributed by atoms with E-state index in [0.717, 1.165) is 13.0 Å². The summed E-state index contributed by atoms with van der Waals surface area (Å²) in [5.74, 6) is 0.0619. The number of nitrogens with one attached hydrogen (secondary N) is 1. The standard InChI is InChI=1S/C13H29N3O/c1-6-12(14)9-13(17)15-7-8-16(10(2)3)11(4)5/h10-12H,6-9,14H2,1-5H3,(H,15,17). The van der Waals surface area contributed by atoms with Crippen LogP contribution in [-0.2, 0) is 4.79 Å². The van der Waals surface area contributed by atoms with Crippen molar-refractivity contribution in [1.82, 2.24) is 10.2 Å². The van der Waals surface area contributed by atoms with Crippen molar-refractivity contribution in [2.24, 2.45) is 5.73 Å². The third kappa shape index (κ3) is 7.34. The van der Waals surface area contributed by atoms with Crippen LogP contribution < -0.4 is 11.1 Å². The van der Waals surface area contributed by atoms with Gasteiger partial charge in [-0.3, -0.25) is 9.69 Å². The first-order valence-corrected chi connectivity index (χ1v) is 6.66. The van der Waals surface area contributed by atoms with Crippen LogP contribution >= 0.6 is 0 Å². The zero-order valence-corrected chi connectivity index (χ0v) is 12.0. The monoisotopic (exact) mass is 243 g/mol. The Morgan fingerprint density at radius 2 is 1.76 bits per heavy atom. The molecule has 0 rings (SSSR count). The number of carbonyl (C=O) groups excluding carboxylic acids is 1. The van der Waals surface area contributed by atoms with E-state index < -0.39 is 0 Å². The highest BCUT2D eigenvalue weighted by atomic mass is 16.1. The number of hydrogen-bond acceptors (Lipinski definition) is 3. The van der Waals surface area contributed by atoms with Crippen molar-refractivity contribution in [2.75, 3.05) is 13.1 Å². The Kier molecular flexibility index (Phi) is 8.17. The molecular formula is C13H29N3O. The van der Waals surface area contributed by atoms with Gasteiger partial charge in [0.1, 0.15) is 0 Å². The minimum absolute atomic E-state index is 0.0127. The molecule has 1 unspecified atom stereocenters. The summed E-state index contributed by atoms with van der Waals surface area (Å²) in [5, 5.41) is 2.93. The van der Waals surface area contributed by atoms with Crippen molar-refractivity contribution in [1.29, 1.82) is 0 Å². The maximum Gasteiger partial charge on any atom is 0.221 e. The lowest BCUT2D eigenvalue weighted by Crippen LogP contribution is -2.43. The SMILES string of the molecule is CCC(N)CC(=O)NCCN(C(C)C)C(C)C. The van der Waals surface area contributed by atoms with E-state index in [4.69, 9.17) is 5.73 Å². The molecule has 1 atom stereocenters. The molecule has 0 aromatic heterocycles. The van der Waals surface area contributed by atoms with E-state index in [-0.39, 0.29) is 11.9 Å². The molecule has 17 heavy (non-hydrogen) atoms. The first kappa shape index (κ1) is 16.4. The maximum atomic E-state index is 11.5. The largest absolute Gasteiger partial charge is 0.355 e. The van der Waals surface area contributed by atoms with E-state index in [0.29, 0.717) is 25.0 Å². The number of carbonyl (C=O) groups is 1. The van der Waals surface area contributed by atoms with Crippen LogP contribution in [-0.4, -0.2) is 42.0 Å². The summed E-state index contributed by atoms with van der Waals surface area (Å²) in [7, 11) is 0. The van der Waals surface area contributed by atoms with Crippen molar-refractivity contribution >= 4 is 5.91 Å². The van der Waals surface area contributed by atoms with Crippen LogP contribution in [0.25, 0.3) is 0 Å². The molecule has 0 bridgehead atoms. The molecule has 4 nitrogen and oxygen atoms in total. The Hall–Kier alpha value is -0.610. The van der Waals surface area contributed by atoms with Gasteiger partial charge >= 0.3 is 0 Å². The molecule has 0 aromatic carbocycles. The van der Waals surface area contributed by atoms with Gasteiger partial charge in [0.2, 0.25) is 5.91 Å². The molecule has 1 amide bonds. The van der Waals surface area contributed by atoms with E-state index >= 15 is 0 Å². The molecule has 102 valence electrons. The van der Waals surface area contributed by atoms with E-state index in [1.807, 2.05) is 6.92 Å². The summed E-state index contributed by atoms with van der Waals surface area (Å²) in [5.41, 5.74) is 5.73. The molecular weight excluding hydrogens is 214 g/mol. The second kappa shape index (κ2) is 8.48. The highest BCUT2D eigenvalue weighted by molar-refractivity contribution is 5.76. The Morgan fingerprint density at radius 1 is 1.24 bits per heavy atom. The summed E-state index contributed by atoms with van der Waals surface area (Å²) in [4.78, 5) is 13.9. The van der Waals surface area contributed by atoms with Gasteiger partial charge < -0.3 is 11.1 Å². The number of nitrogens with two attached hydrogens (primary N) is 1. The van der Waals surface area contributed by atoms with Crippen molar-refractivity contribution in [3.63, 3.8) is 0 Å². The van der Waals surface area contributed by atoms with Gasteiger partial charge in [-0.25, -0.2) is 0 Å². The van der Waals surface area contributed by atoms with E-state index in [1.165, 1.54) is 0 Å². The van der Waals surface area contributed by atoms with Gasteiger partial charge in [-0.2, -0.15) is 0 Å². The zero-order valence-electron chi connectivity index (χ0n) is 12.0. The van der Waals surface area contributed by atoms with Crippen LogP contribution in [0, 0.1) is 0 Å². The van der Waals surface area contributed by atoms with E-state index in [2.05, 4.69) is 37.9 Å². The molecule has 0 aliphatic heterocycles. The fourth-order valence-corrected chi connectivity index (χ4v) is 1.89. The van der Waals surface area contributed by atoms with Crippen LogP contribution in [0.15, 0.2) is 0 Å². The number of nitrogens with zero attached hydrogens (tertiary/aromatic N) is 1. The van der Waals surface area contributed by atoms with Crippen LogP contribution in [0.3, 0.4) is 0 Å². The molecule has 0 spiro atoms. The smallest absolute Gasteiger partial charge is 0.221 e. The lowest BCUT2D eigenvalue weighted by atomic mass is 10.1. The van der Waals surface area contributed by atoms with Crippen molar-refractivity contribution in [3.8, 4) is 0 Å². The Balaban J connectivity index is 3.85. The minimum Gasteiger partial charge on any atom is -0.355 e. The second-order valence-electron chi connectivity index (χ2n) is 5.15. The van der Waals surface area contributed by atoms with E-state index in [9.17, 15) is 4.79 Å². The van der Waals surface area contributed by atoms with Crippen LogP contribution in [0.2, 0.25) is 0 Å². The van der Waals surface area contributed by atoms with Gasteiger partial charge in [0, 0.05) is 37.6 Å². The molecule has 0 fully saturated rings. The molecule has 0 aliphatic carbocycles. The van der Waals surface area contributed by atoms with E-state index in [1.54, 1.807) is 0 Å². The van der Waals surface area contributed by atoms with Gasteiger partial charge in [0.05, 0.1) is 0 Å².